The van der Waals surface area contributed by atoms with Crippen molar-refractivity contribution in [1.29, 1.82) is 0 Å². The molecule has 0 saturated carbocycles. The molecule has 1 aromatic carbocycles. The van der Waals surface area contributed by atoms with Gasteiger partial charge in [0.25, 0.3) is 0 Å². The number of aliphatic hydroxyl groups is 1. The minimum Gasteiger partial charge on any atom is -0.386 e. The summed E-state index contributed by atoms with van der Waals surface area (Å²) in [7, 11) is 0. The van der Waals surface area contributed by atoms with Gasteiger partial charge >= 0.3 is 0 Å². The molecule has 0 aliphatic carbocycles. The summed E-state index contributed by atoms with van der Waals surface area (Å²) in [5, 5.41) is 11.3. The first-order chi connectivity index (χ1) is 9.13. The first kappa shape index (κ1) is 15.1. The van der Waals surface area contributed by atoms with Crippen molar-refractivity contribution in [2.75, 3.05) is 26.2 Å². The highest BCUT2D eigenvalue weighted by Gasteiger charge is 2.29. The zero-order valence-electron chi connectivity index (χ0n) is 11.0. The maximum atomic E-state index is 10.4. The van der Waals surface area contributed by atoms with E-state index in [1.54, 1.807) is 18.2 Å². The van der Waals surface area contributed by atoms with Crippen LogP contribution < -0.4 is 0 Å². The van der Waals surface area contributed by atoms with Crippen LogP contribution in [0.1, 0.15) is 25.0 Å². The molecule has 0 amide bonds. The third-order valence-electron chi connectivity index (χ3n) is 3.37. The smallest absolute Gasteiger partial charge is 0.108 e. The Hall–Kier alpha value is -0.320. The van der Waals surface area contributed by atoms with Crippen LogP contribution in [0.3, 0.4) is 0 Å². The van der Waals surface area contributed by atoms with E-state index in [9.17, 15) is 5.11 Å². The van der Waals surface area contributed by atoms with Gasteiger partial charge in [-0.3, -0.25) is 4.90 Å². The van der Waals surface area contributed by atoms with E-state index >= 15 is 0 Å². The average Bonchev–Trinajstić information content (AvgIpc) is 2.42. The maximum absolute atomic E-state index is 10.4. The van der Waals surface area contributed by atoms with Crippen LogP contribution in [0.4, 0.5) is 0 Å². The molecule has 0 radical (unpaired) electrons. The number of aliphatic hydroxyl groups excluding tert-OH is 1. The van der Waals surface area contributed by atoms with Gasteiger partial charge < -0.3 is 9.84 Å². The molecule has 5 heteroatoms. The number of hydrogen-bond donors (Lipinski definition) is 1. The molecule has 1 N–H and O–H groups in total. The zero-order chi connectivity index (χ0) is 13.8. The summed E-state index contributed by atoms with van der Waals surface area (Å²) in [6.07, 6.45) is 0.0999. The largest absolute Gasteiger partial charge is 0.386 e. The van der Waals surface area contributed by atoms with E-state index in [4.69, 9.17) is 27.9 Å². The predicted molar refractivity (Wildman–Crippen MR) is 77.9 cm³/mol. The topological polar surface area (TPSA) is 32.7 Å². The molecule has 0 spiro atoms. The third kappa shape index (κ3) is 3.61. The molecule has 2 rings (SSSR count). The molecule has 0 bridgehead atoms. The summed E-state index contributed by atoms with van der Waals surface area (Å²) in [4.78, 5) is 2.30. The summed E-state index contributed by atoms with van der Waals surface area (Å²) in [6, 6.07) is 5.30. The van der Waals surface area contributed by atoms with Gasteiger partial charge in [0.05, 0.1) is 16.7 Å². The summed E-state index contributed by atoms with van der Waals surface area (Å²) in [6.45, 7) is 5.45. The van der Waals surface area contributed by atoms with Gasteiger partial charge in [0, 0.05) is 18.7 Å². The highest BCUT2D eigenvalue weighted by Crippen LogP contribution is 2.32. The standard InChI is InChI=1S/C14H19Cl2NO2/c1-2-6-17-7-8-19-12(9-17)14(18)10-4-3-5-11(15)13(10)16/h3-5,12,14,18H,2,6-9H2,1H3. The van der Waals surface area contributed by atoms with Crippen molar-refractivity contribution < 1.29 is 9.84 Å². The van der Waals surface area contributed by atoms with Crippen LogP contribution >= 0.6 is 23.2 Å². The lowest BCUT2D eigenvalue weighted by Crippen LogP contribution is -2.45. The Balaban J connectivity index is 2.10. The Bertz CT molecular complexity index is 426. The normalized spacial score (nSPS) is 22.4. The van der Waals surface area contributed by atoms with E-state index in [-0.39, 0.29) is 6.10 Å². The Labute approximate surface area is 124 Å². The molecule has 1 saturated heterocycles. The van der Waals surface area contributed by atoms with E-state index in [2.05, 4.69) is 11.8 Å². The molecule has 0 aromatic heterocycles. The van der Waals surface area contributed by atoms with E-state index < -0.39 is 6.10 Å². The number of benzene rings is 1. The molecule has 19 heavy (non-hydrogen) atoms. The van der Waals surface area contributed by atoms with Crippen LogP contribution in [0, 0.1) is 0 Å². The lowest BCUT2D eigenvalue weighted by Gasteiger charge is -2.35. The highest BCUT2D eigenvalue weighted by atomic mass is 35.5. The number of morpholine rings is 1. The second kappa shape index (κ2) is 6.91. The molecule has 106 valence electrons. The van der Waals surface area contributed by atoms with Gasteiger partial charge in [-0.2, -0.15) is 0 Å². The van der Waals surface area contributed by atoms with Crippen molar-refractivity contribution in [2.24, 2.45) is 0 Å². The summed E-state index contributed by atoms with van der Waals surface area (Å²) >= 11 is 12.1. The lowest BCUT2D eigenvalue weighted by atomic mass is 10.0. The Kier molecular flexibility index (Phi) is 5.48. The first-order valence-corrected chi connectivity index (χ1v) is 7.35. The lowest BCUT2D eigenvalue weighted by molar-refractivity contribution is -0.0898. The SMILES string of the molecule is CCCN1CCOC(C(O)c2cccc(Cl)c2Cl)C1. The molecule has 1 heterocycles. The molecule has 1 aromatic rings. The van der Waals surface area contributed by atoms with Gasteiger partial charge in [-0.15, -0.1) is 0 Å². The minimum atomic E-state index is -0.745. The van der Waals surface area contributed by atoms with Gasteiger partial charge in [-0.1, -0.05) is 42.3 Å². The minimum absolute atomic E-state index is 0.253. The Morgan fingerprint density at radius 1 is 1.47 bits per heavy atom. The molecule has 1 aliphatic rings. The van der Waals surface area contributed by atoms with Crippen molar-refractivity contribution in [3.63, 3.8) is 0 Å². The van der Waals surface area contributed by atoms with Gasteiger partial charge in [0.2, 0.25) is 0 Å². The number of ether oxygens (including phenoxy) is 1. The average molecular weight is 304 g/mol. The van der Waals surface area contributed by atoms with E-state index in [0.717, 1.165) is 26.1 Å². The van der Waals surface area contributed by atoms with Crippen LogP contribution in [-0.4, -0.2) is 42.4 Å². The number of rotatable bonds is 4. The predicted octanol–water partition coefficient (Wildman–Crippen LogP) is 3.14. The molecule has 1 aliphatic heterocycles. The van der Waals surface area contributed by atoms with Crippen molar-refractivity contribution in [3.05, 3.63) is 33.8 Å². The number of halogens is 2. The summed E-state index contributed by atoms with van der Waals surface area (Å²) < 4.78 is 5.67. The van der Waals surface area contributed by atoms with Crippen molar-refractivity contribution >= 4 is 23.2 Å². The van der Waals surface area contributed by atoms with Crippen LogP contribution in [0.2, 0.25) is 10.0 Å². The van der Waals surface area contributed by atoms with Gasteiger partial charge in [0.1, 0.15) is 12.2 Å². The number of hydrogen-bond acceptors (Lipinski definition) is 3. The van der Waals surface area contributed by atoms with Gasteiger partial charge in [-0.05, 0) is 19.0 Å². The fourth-order valence-corrected chi connectivity index (χ4v) is 2.81. The van der Waals surface area contributed by atoms with Crippen LogP contribution in [0.25, 0.3) is 0 Å². The fraction of sp³-hybridized carbons (Fsp3) is 0.571. The van der Waals surface area contributed by atoms with E-state index in [0.29, 0.717) is 22.2 Å². The first-order valence-electron chi connectivity index (χ1n) is 6.59. The van der Waals surface area contributed by atoms with E-state index in [1.165, 1.54) is 0 Å². The molecule has 2 atom stereocenters. The maximum Gasteiger partial charge on any atom is 0.108 e. The molecule has 1 fully saturated rings. The third-order valence-corrected chi connectivity index (χ3v) is 4.20. The number of nitrogens with zero attached hydrogens (tertiary/aromatic N) is 1. The molecule has 2 unspecified atom stereocenters. The fourth-order valence-electron chi connectivity index (χ4n) is 2.39. The van der Waals surface area contributed by atoms with Crippen LogP contribution in [-0.2, 0) is 4.74 Å². The van der Waals surface area contributed by atoms with Gasteiger partial charge in [-0.25, -0.2) is 0 Å². The molecular weight excluding hydrogens is 285 g/mol. The molecular formula is C14H19Cl2NO2. The van der Waals surface area contributed by atoms with Crippen molar-refractivity contribution in [1.82, 2.24) is 4.90 Å². The highest BCUT2D eigenvalue weighted by molar-refractivity contribution is 6.42. The van der Waals surface area contributed by atoms with Crippen molar-refractivity contribution in [2.45, 2.75) is 25.6 Å². The zero-order valence-corrected chi connectivity index (χ0v) is 12.5. The summed E-state index contributed by atoms with van der Waals surface area (Å²) in [5.74, 6) is 0. The van der Waals surface area contributed by atoms with Crippen LogP contribution in [0.5, 0.6) is 0 Å². The van der Waals surface area contributed by atoms with Gasteiger partial charge in [0.15, 0.2) is 0 Å². The second-order valence-corrected chi connectivity index (χ2v) is 5.58. The summed E-state index contributed by atoms with van der Waals surface area (Å²) in [5.41, 5.74) is 0.637. The Morgan fingerprint density at radius 2 is 2.26 bits per heavy atom. The second-order valence-electron chi connectivity index (χ2n) is 4.80. The van der Waals surface area contributed by atoms with Crippen molar-refractivity contribution in [3.8, 4) is 0 Å². The van der Waals surface area contributed by atoms with E-state index in [1.807, 2.05) is 0 Å². The monoisotopic (exact) mass is 303 g/mol. The van der Waals surface area contributed by atoms with Crippen LogP contribution in [0.15, 0.2) is 18.2 Å². The Morgan fingerprint density at radius 3 is 3.00 bits per heavy atom. The quantitative estimate of drug-likeness (QED) is 0.927. The molecule has 3 nitrogen and oxygen atoms in total.